The fourth-order valence-electron chi connectivity index (χ4n) is 2.05. The fourth-order valence-corrected chi connectivity index (χ4v) is 4.11. The second-order valence-corrected chi connectivity index (χ2v) is 21.0. The lowest BCUT2D eigenvalue weighted by Crippen LogP contribution is -2.34. The molecular formula is C18H35BrO4Si2. The topological polar surface area (TPSA) is 36.9 Å². The van der Waals surface area contributed by atoms with E-state index in [4.69, 9.17) is 18.9 Å². The van der Waals surface area contributed by atoms with Gasteiger partial charge in [0, 0.05) is 33.8 Å². The third kappa shape index (κ3) is 11.5. The van der Waals surface area contributed by atoms with E-state index in [2.05, 4.69) is 55.2 Å². The summed E-state index contributed by atoms with van der Waals surface area (Å²) in [6, 6.07) is 2.29. The van der Waals surface area contributed by atoms with Crippen LogP contribution in [0.25, 0.3) is 0 Å². The van der Waals surface area contributed by atoms with Crippen molar-refractivity contribution in [3.63, 3.8) is 0 Å². The summed E-state index contributed by atoms with van der Waals surface area (Å²) in [5.41, 5.74) is 0. The first-order valence-corrected chi connectivity index (χ1v) is 17.2. The molecule has 146 valence electrons. The molecule has 0 bridgehead atoms. The summed E-state index contributed by atoms with van der Waals surface area (Å²) in [5.74, 6) is 0. The Kier molecular flexibility index (Phi) is 10.4. The zero-order chi connectivity index (χ0) is 18.9. The predicted octanol–water partition coefficient (Wildman–Crippen LogP) is 5.23. The zero-order valence-corrected chi connectivity index (χ0v) is 20.2. The highest BCUT2D eigenvalue weighted by atomic mass is 79.9. The Morgan fingerprint density at radius 3 is 1.92 bits per heavy atom. The van der Waals surface area contributed by atoms with Gasteiger partial charge in [-0.15, -0.1) is 0 Å². The Hall–Kier alpha value is 0.234. The molecule has 2 atom stereocenters. The molecule has 7 heteroatoms. The molecule has 0 amide bonds. The maximum absolute atomic E-state index is 5.89. The van der Waals surface area contributed by atoms with E-state index in [9.17, 15) is 0 Å². The van der Waals surface area contributed by atoms with Gasteiger partial charge in [-0.2, -0.15) is 0 Å². The molecule has 0 unspecified atom stereocenters. The van der Waals surface area contributed by atoms with Crippen molar-refractivity contribution < 1.29 is 18.9 Å². The van der Waals surface area contributed by atoms with Crippen LogP contribution in [0, 0.1) is 0 Å². The average Bonchev–Trinajstić information content (AvgIpc) is 2.46. The van der Waals surface area contributed by atoms with Crippen LogP contribution in [0.5, 0.6) is 0 Å². The number of hydrogen-bond acceptors (Lipinski definition) is 4. The van der Waals surface area contributed by atoms with Gasteiger partial charge in [0.1, 0.15) is 25.8 Å². The van der Waals surface area contributed by atoms with Gasteiger partial charge in [0.25, 0.3) is 0 Å². The molecule has 1 aliphatic rings. The molecular weight excluding hydrogens is 416 g/mol. The maximum Gasteiger partial charge on any atom is 0.147 e. The Bertz CT molecular complexity index is 441. The van der Waals surface area contributed by atoms with E-state index in [1.807, 2.05) is 18.2 Å². The zero-order valence-electron chi connectivity index (χ0n) is 16.6. The van der Waals surface area contributed by atoms with Crippen LogP contribution >= 0.6 is 15.9 Å². The first-order valence-electron chi connectivity index (χ1n) is 9.01. The Morgan fingerprint density at radius 1 is 0.880 bits per heavy atom. The molecule has 0 heterocycles. The van der Waals surface area contributed by atoms with Crippen molar-refractivity contribution in [1.29, 1.82) is 0 Å². The minimum absolute atomic E-state index is 0.160. The molecule has 0 saturated heterocycles. The molecule has 1 rings (SSSR count). The Morgan fingerprint density at radius 2 is 1.40 bits per heavy atom. The number of rotatable bonds is 12. The highest BCUT2D eigenvalue weighted by molar-refractivity contribution is 9.11. The molecule has 0 saturated carbocycles. The molecule has 0 aromatic heterocycles. The average molecular weight is 452 g/mol. The summed E-state index contributed by atoms with van der Waals surface area (Å²) in [7, 11) is -2.12. The van der Waals surface area contributed by atoms with Gasteiger partial charge in [-0.3, -0.25) is 0 Å². The maximum atomic E-state index is 5.89. The lowest BCUT2D eigenvalue weighted by molar-refractivity contribution is -0.140. The van der Waals surface area contributed by atoms with E-state index < -0.39 is 16.1 Å². The molecule has 0 aliphatic heterocycles. The van der Waals surface area contributed by atoms with Crippen molar-refractivity contribution in [2.45, 2.75) is 63.6 Å². The summed E-state index contributed by atoms with van der Waals surface area (Å²) in [6.45, 7) is 16.1. The molecule has 0 radical (unpaired) electrons. The number of allylic oxidation sites excluding steroid dienone is 2. The number of ether oxygens (including phenoxy) is 4. The largest absolute Gasteiger partial charge is 0.356 e. The minimum Gasteiger partial charge on any atom is -0.356 e. The Balaban J connectivity index is 2.29. The van der Waals surface area contributed by atoms with Crippen LogP contribution in [0.3, 0.4) is 0 Å². The smallest absolute Gasteiger partial charge is 0.147 e. The van der Waals surface area contributed by atoms with Gasteiger partial charge in [-0.05, 0) is 18.2 Å². The molecule has 25 heavy (non-hydrogen) atoms. The lowest BCUT2D eigenvalue weighted by Gasteiger charge is -2.27. The summed E-state index contributed by atoms with van der Waals surface area (Å²) in [5, 5.41) is 0. The first kappa shape index (κ1) is 23.3. The van der Waals surface area contributed by atoms with E-state index in [0.717, 1.165) is 29.8 Å². The van der Waals surface area contributed by atoms with Crippen LogP contribution in [-0.4, -0.2) is 55.2 Å². The number of hydrogen-bond donors (Lipinski definition) is 0. The fraction of sp³-hybridized carbons (Fsp3) is 0.778. The van der Waals surface area contributed by atoms with Gasteiger partial charge >= 0.3 is 0 Å². The first-order chi connectivity index (χ1) is 11.6. The van der Waals surface area contributed by atoms with Gasteiger partial charge < -0.3 is 18.9 Å². The van der Waals surface area contributed by atoms with E-state index in [-0.39, 0.29) is 25.8 Å². The highest BCUT2D eigenvalue weighted by Gasteiger charge is 2.26. The predicted molar refractivity (Wildman–Crippen MR) is 114 cm³/mol. The molecule has 0 aromatic carbocycles. The highest BCUT2D eigenvalue weighted by Crippen LogP contribution is 2.24. The van der Waals surface area contributed by atoms with Crippen LogP contribution in [0.2, 0.25) is 51.4 Å². The molecule has 4 nitrogen and oxygen atoms in total. The van der Waals surface area contributed by atoms with Gasteiger partial charge in [0.2, 0.25) is 0 Å². The van der Waals surface area contributed by atoms with Gasteiger partial charge in [0.15, 0.2) is 0 Å². The van der Waals surface area contributed by atoms with Crippen LogP contribution in [-0.2, 0) is 18.9 Å². The third-order valence-electron chi connectivity index (χ3n) is 3.79. The van der Waals surface area contributed by atoms with Crippen molar-refractivity contribution in [3.05, 3.63) is 22.7 Å². The molecule has 0 N–H and O–H groups in total. The van der Waals surface area contributed by atoms with E-state index >= 15 is 0 Å². The van der Waals surface area contributed by atoms with Crippen molar-refractivity contribution in [3.8, 4) is 0 Å². The van der Waals surface area contributed by atoms with Crippen LogP contribution in [0.1, 0.15) is 0 Å². The van der Waals surface area contributed by atoms with Crippen LogP contribution in [0.4, 0.5) is 0 Å². The van der Waals surface area contributed by atoms with Crippen molar-refractivity contribution in [2.75, 3.05) is 26.8 Å². The van der Waals surface area contributed by atoms with Crippen molar-refractivity contribution in [2.24, 2.45) is 0 Å². The van der Waals surface area contributed by atoms with Crippen LogP contribution in [0.15, 0.2) is 22.7 Å². The normalized spacial score (nSPS) is 21.5. The number of halogens is 1. The molecule has 0 aromatic rings. The lowest BCUT2D eigenvalue weighted by atomic mass is 10.1. The van der Waals surface area contributed by atoms with Crippen LogP contribution < -0.4 is 0 Å². The van der Waals surface area contributed by atoms with E-state index in [1.54, 1.807) is 0 Å². The van der Waals surface area contributed by atoms with Gasteiger partial charge in [-0.1, -0.05) is 67.4 Å². The summed E-state index contributed by atoms with van der Waals surface area (Å²) >= 11 is 3.57. The minimum atomic E-state index is -1.06. The summed E-state index contributed by atoms with van der Waals surface area (Å²) < 4.78 is 24.0. The monoisotopic (exact) mass is 450 g/mol. The SMILES string of the molecule is C[Si](C)(C)CCOCO[C@H]1C=CC=C(Br)[C@H]1OCOCC[Si](C)(C)C. The third-order valence-corrected chi connectivity index (χ3v) is 7.92. The van der Waals surface area contributed by atoms with E-state index in [0.29, 0.717) is 0 Å². The molecule has 0 spiro atoms. The van der Waals surface area contributed by atoms with Gasteiger partial charge in [-0.25, -0.2) is 0 Å². The summed E-state index contributed by atoms with van der Waals surface area (Å²) in [4.78, 5) is 0. The van der Waals surface area contributed by atoms with Crippen molar-refractivity contribution in [1.82, 2.24) is 0 Å². The second kappa shape index (κ2) is 11.2. The second-order valence-electron chi connectivity index (χ2n) is 8.83. The molecule has 0 fully saturated rings. The van der Waals surface area contributed by atoms with Gasteiger partial charge in [0.05, 0.1) is 0 Å². The summed E-state index contributed by atoms with van der Waals surface area (Å²) in [6.07, 6.45) is 5.62. The molecule has 1 aliphatic carbocycles. The standard InChI is InChI=1S/C18H35BrO4Si2/c1-24(2,3)12-10-20-14-22-17-9-7-8-16(19)18(17)23-15-21-11-13-25(4,5)6/h7-9,17-18H,10-15H2,1-6H3/t17-,18+/m0/s1. The Labute approximate surface area is 164 Å². The van der Waals surface area contributed by atoms with Crippen molar-refractivity contribution >= 4 is 32.1 Å². The quantitative estimate of drug-likeness (QED) is 0.231. The van der Waals surface area contributed by atoms with E-state index in [1.165, 1.54) is 0 Å².